The van der Waals surface area contributed by atoms with Gasteiger partial charge in [-0.2, -0.15) is 0 Å². The molecule has 0 saturated heterocycles. The highest BCUT2D eigenvalue weighted by atomic mass is 32.2. The van der Waals surface area contributed by atoms with E-state index < -0.39 is 6.04 Å². The van der Waals surface area contributed by atoms with Gasteiger partial charge in [-0.1, -0.05) is 55.8 Å². The first kappa shape index (κ1) is 22.9. The predicted molar refractivity (Wildman–Crippen MR) is 117 cm³/mol. The highest BCUT2D eigenvalue weighted by Gasteiger charge is 2.25. The van der Waals surface area contributed by atoms with Gasteiger partial charge in [0.15, 0.2) is 0 Å². The van der Waals surface area contributed by atoms with Crippen molar-refractivity contribution in [2.45, 2.75) is 45.0 Å². The summed E-state index contributed by atoms with van der Waals surface area (Å²) in [6.45, 7) is 4.67. The average Bonchev–Trinajstić information content (AvgIpc) is 2.73. The van der Waals surface area contributed by atoms with E-state index in [2.05, 4.69) is 12.2 Å². The molecule has 0 aromatic heterocycles. The molecule has 2 rings (SSSR count). The van der Waals surface area contributed by atoms with E-state index in [1.54, 1.807) is 24.0 Å². The zero-order valence-corrected chi connectivity index (χ0v) is 17.9. The number of nitrogens with one attached hydrogen (secondary N) is 1. The molecule has 0 spiro atoms. The van der Waals surface area contributed by atoms with Crippen molar-refractivity contribution in [3.8, 4) is 0 Å². The van der Waals surface area contributed by atoms with Crippen molar-refractivity contribution in [1.29, 1.82) is 0 Å². The maximum atomic E-state index is 13.2. The van der Waals surface area contributed by atoms with Crippen LogP contribution in [0.4, 0.5) is 4.39 Å². The number of rotatable bonds is 11. The van der Waals surface area contributed by atoms with Gasteiger partial charge in [0.05, 0.1) is 5.75 Å². The first-order chi connectivity index (χ1) is 14.0. The van der Waals surface area contributed by atoms with Crippen LogP contribution in [0.2, 0.25) is 0 Å². The molecule has 29 heavy (non-hydrogen) atoms. The molecule has 0 aliphatic carbocycles. The summed E-state index contributed by atoms with van der Waals surface area (Å²) in [4.78, 5) is 27.0. The Hall–Kier alpha value is -2.34. The molecule has 0 bridgehead atoms. The Kier molecular flexibility index (Phi) is 9.71. The van der Waals surface area contributed by atoms with Gasteiger partial charge in [0, 0.05) is 18.8 Å². The minimum atomic E-state index is -0.596. The Morgan fingerprint density at radius 2 is 1.76 bits per heavy atom. The van der Waals surface area contributed by atoms with Crippen molar-refractivity contribution in [2.24, 2.45) is 0 Å². The third kappa shape index (κ3) is 7.89. The molecule has 6 heteroatoms. The summed E-state index contributed by atoms with van der Waals surface area (Å²) in [6, 6.07) is 15.4. The summed E-state index contributed by atoms with van der Waals surface area (Å²) in [5.41, 5.74) is 1.95. The molecular formula is C23H29FN2O2S. The van der Waals surface area contributed by atoms with Gasteiger partial charge in [0.1, 0.15) is 11.9 Å². The number of halogens is 1. The van der Waals surface area contributed by atoms with Gasteiger partial charge in [0.2, 0.25) is 11.8 Å². The van der Waals surface area contributed by atoms with Crippen LogP contribution in [0.15, 0.2) is 54.6 Å². The highest BCUT2D eigenvalue weighted by molar-refractivity contribution is 7.99. The second-order valence-corrected chi connectivity index (χ2v) is 7.93. The smallest absolute Gasteiger partial charge is 0.242 e. The van der Waals surface area contributed by atoms with Gasteiger partial charge in [-0.3, -0.25) is 9.59 Å². The number of carbonyl (C=O) groups excluding carboxylic acids is 2. The van der Waals surface area contributed by atoms with Crippen LogP contribution in [-0.4, -0.2) is 35.1 Å². The first-order valence-corrected chi connectivity index (χ1v) is 11.1. The molecule has 0 aliphatic heterocycles. The quantitative estimate of drug-likeness (QED) is 0.553. The van der Waals surface area contributed by atoms with Gasteiger partial charge in [-0.05, 0) is 36.6 Å². The summed E-state index contributed by atoms with van der Waals surface area (Å²) in [5.74, 6) is 0.419. The van der Waals surface area contributed by atoms with Crippen molar-refractivity contribution in [1.82, 2.24) is 10.2 Å². The normalized spacial score (nSPS) is 11.7. The lowest BCUT2D eigenvalue weighted by Crippen LogP contribution is -2.48. The topological polar surface area (TPSA) is 49.4 Å². The number of nitrogens with zero attached hydrogens (tertiary/aromatic N) is 1. The molecule has 4 nitrogen and oxygen atoms in total. The van der Waals surface area contributed by atoms with E-state index in [9.17, 15) is 14.0 Å². The molecule has 2 aromatic carbocycles. The maximum absolute atomic E-state index is 13.2. The molecule has 1 N–H and O–H groups in total. The first-order valence-electron chi connectivity index (χ1n) is 9.94. The van der Waals surface area contributed by atoms with Crippen LogP contribution in [0, 0.1) is 5.82 Å². The largest absolute Gasteiger partial charge is 0.354 e. The van der Waals surface area contributed by atoms with Crippen LogP contribution in [0.5, 0.6) is 0 Å². The average molecular weight is 417 g/mol. The van der Waals surface area contributed by atoms with Crippen LogP contribution in [0.1, 0.15) is 37.8 Å². The molecule has 0 aliphatic rings. The Balaban J connectivity index is 2.02. The van der Waals surface area contributed by atoms with Gasteiger partial charge in [-0.25, -0.2) is 4.39 Å². The van der Waals surface area contributed by atoms with Gasteiger partial charge >= 0.3 is 0 Å². The van der Waals surface area contributed by atoms with Gasteiger partial charge in [-0.15, -0.1) is 11.8 Å². The number of carbonyl (C=O) groups is 2. The summed E-state index contributed by atoms with van der Waals surface area (Å²) in [5, 5.41) is 2.90. The molecule has 156 valence electrons. The zero-order chi connectivity index (χ0) is 21.1. The van der Waals surface area contributed by atoms with Gasteiger partial charge in [0.25, 0.3) is 0 Å². The number of amides is 2. The van der Waals surface area contributed by atoms with Crippen molar-refractivity contribution < 1.29 is 14.0 Å². The number of hydrogen-bond donors (Lipinski definition) is 1. The molecule has 0 unspecified atom stereocenters. The van der Waals surface area contributed by atoms with Crippen LogP contribution in [0.3, 0.4) is 0 Å². The number of hydrogen-bond acceptors (Lipinski definition) is 3. The Morgan fingerprint density at radius 1 is 1.07 bits per heavy atom. The maximum Gasteiger partial charge on any atom is 0.242 e. The summed E-state index contributed by atoms with van der Waals surface area (Å²) < 4.78 is 13.2. The number of benzene rings is 2. The standard InChI is InChI=1S/C23H29FN2O2S/c1-3-4-14-25-23(28)18(2)26(15-19-10-12-21(24)13-11-19)22(27)17-29-16-20-8-6-5-7-9-20/h5-13,18H,3-4,14-17H2,1-2H3,(H,25,28)/t18-/m1/s1. The molecule has 2 amide bonds. The third-order valence-corrected chi connectivity index (χ3v) is 5.59. The van der Waals surface area contributed by atoms with Crippen LogP contribution in [0.25, 0.3) is 0 Å². The summed E-state index contributed by atoms with van der Waals surface area (Å²) in [6.07, 6.45) is 1.89. The fourth-order valence-electron chi connectivity index (χ4n) is 2.82. The van der Waals surface area contributed by atoms with Crippen molar-refractivity contribution in [2.75, 3.05) is 12.3 Å². The fourth-order valence-corrected chi connectivity index (χ4v) is 3.69. The van der Waals surface area contributed by atoms with Crippen molar-refractivity contribution in [3.63, 3.8) is 0 Å². The summed E-state index contributed by atoms with van der Waals surface area (Å²) in [7, 11) is 0. The highest BCUT2D eigenvalue weighted by Crippen LogP contribution is 2.16. The molecule has 0 radical (unpaired) electrons. The number of unbranched alkanes of at least 4 members (excludes halogenated alkanes) is 1. The van der Waals surface area contributed by atoms with E-state index in [-0.39, 0.29) is 29.9 Å². The minimum absolute atomic E-state index is 0.103. The zero-order valence-electron chi connectivity index (χ0n) is 17.1. The molecule has 0 saturated carbocycles. The van der Waals surface area contributed by atoms with Crippen LogP contribution >= 0.6 is 11.8 Å². The predicted octanol–water partition coefficient (Wildman–Crippen LogP) is 4.39. The molecule has 1 atom stereocenters. The molecule has 2 aromatic rings. The number of thioether (sulfide) groups is 1. The lowest BCUT2D eigenvalue weighted by Gasteiger charge is -2.28. The second-order valence-electron chi connectivity index (χ2n) is 6.95. The Morgan fingerprint density at radius 3 is 2.41 bits per heavy atom. The second kappa shape index (κ2) is 12.3. The Labute approximate surface area is 176 Å². The van der Waals surface area contributed by atoms with Crippen molar-refractivity contribution >= 4 is 23.6 Å². The minimum Gasteiger partial charge on any atom is -0.354 e. The van der Waals surface area contributed by atoms with E-state index >= 15 is 0 Å². The van der Waals surface area contributed by atoms with Crippen LogP contribution in [-0.2, 0) is 21.9 Å². The van der Waals surface area contributed by atoms with Crippen molar-refractivity contribution in [3.05, 3.63) is 71.5 Å². The fraction of sp³-hybridized carbons (Fsp3) is 0.391. The van der Waals surface area contributed by atoms with E-state index in [1.807, 2.05) is 30.3 Å². The van der Waals surface area contributed by atoms with E-state index in [0.29, 0.717) is 6.54 Å². The van der Waals surface area contributed by atoms with E-state index in [1.165, 1.54) is 23.9 Å². The SMILES string of the molecule is CCCCNC(=O)[C@@H](C)N(Cc1ccc(F)cc1)C(=O)CSCc1ccccc1. The van der Waals surface area contributed by atoms with Gasteiger partial charge < -0.3 is 10.2 Å². The van der Waals surface area contributed by atoms with E-state index in [0.717, 1.165) is 29.7 Å². The van der Waals surface area contributed by atoms with E-state index in [4.69, 9.17) is 0 Å². The summed E-state index contributed by atoms with van der Waals surface area (Å²) >= 11 is 1.52. The molecular weight excluding hydrogens is 387 g/mol. The Bertz CT molecular complexity index is 768. The monoisotopic (exact) mass is 416 g/mol. The third-order valence-electron chi connectivity index (χ3n) is 4.60. The molecule has 0 fully saturated rings. The lowest BCUT2D eigenvalue weighted by atomic mass is 10.1. The van der Waals surface area contributed by atoms with Crippen LogP contribution < -0.4 is 5.32 Å². The molecule has 0 heterocycles. The lowest BCUT2D eigenvalue weighted by molar-refractivity contribution is -0.138.